The topological polar surface area (TPSA) is 212 Å². The quantitative estimate of drug-likeness (QED) is 0.0615. The molecule has 21 heteroatoms. The number of nitrogens with zero attached hydrogens (tertiary/aromatic N) is 5. The Labute approximate surface area is 570 Å². The van der Waals surface area contributed by atoms with Crippen LogP contribution in [0, 0.1) is 17.8 Å². The van der Waals surface area contributed by atoms with Gasteiger partial charge < -0.3 is 45.0 Å². The van der Waals surface area contributed by atoms with Crippen molar-refractivity contribution in [2.75, 3.05) is 66.0 Å². The second-order valence-electron chi connectivity index (χ2n) is 26.0. The molecule has 9 rings (SSSR count). The number of carbonyl (C=O) groups excluding carboxylic acids is 3. The first-order valence-corrected chi connectivity index (χ1v) is 30.6. The van der Waals surface area contributed by atoms with Crippen LogP contribution in [0.4, 0.5) is 9.59 Å². The zero-order valence-corrected chi connectivity index (χ0v) is 58.8. The molecule has 0 spiro atoms. The molecule has 89 heavy (non-hydrogen) atoms. The molecule has 3 heterocycles. The summed E-state index contributed by atoms with van der Waals surface area (Å²) in [4.78, 5) is 69.6. The van der Waals surface area contributed by atoms with Gasteiger partial charge in [0.2, 0.25) is 0 Å². The van der Waals surface area contributed by atoms with E-state index in [4.69, 9.17) is 24.4 Å². The van der Waals surface area contributed by atoms with Gasteiger partial charge in [-0.2, -0.15) is 0 Å². The van der Waals surface area contributed by atoms with E-state index in [0.29, 0.717) is 49.5 Å². The predicted molar refractivity (Wildman–Crippen MR) is 355 cm³/mol. The van der Waals surface area contributed by atoms with Crippen LogP contribution in [0.25, 0.3) is 18.2 Å². The van der Waals surface area contributed by atoms with Crippen LogP contribution in [0.3, 0.4) is 0 Å². The van der Waals surface area contributed by atoms with Gasteiger partial charge in [-0.1, -0.05) is 126 Å². The summed E-state index contributed by atoms with van der Waals surface area (Å²) in [5.74, 6) is -0.379. The number of hydrogen-bond acceptors (Lipinski definition) is 13. The van der Waals surface area contributed by atoms with E-state index in [0.717, 1.165) is 77.5 Å². The maximum atomic E-state index is 13.2. The number of piperidine rings is 3. The largest absolute Gasteiger partial charge is 1.00 e. The average molecular weight is 1310 g/mol. The van der Waals surface area contributed by atoms with Crippen molar-refractivity contribution in [1.82, 2.24) is 29.8 Å². The number of rotatable bonds is 18. The molecular weight excluding hydrogens is 1210 g/mol. The Bertz CT molecular complexity index is 2750. The molecule has 3 aromatic carbocycles. The number of carboxylic acids is 2. The van der Waals surface area contributed by atoms with Crippen molar-refractivity contribution < 1.29 is 83.4 Å². The van der Waals surface area contributed by atoms with E-state index >= 15 is 0 Å². The summed E-state index contributed by atoms with van der Waals surface area (Å²) < 4.78 is 16.3. The minimum atomic E-state index is -0.804. The third-order valence-electron chi connectivity index (χ3n) is 16.8. The summed E-state index contributed by atoms with van der Waals surface area (Å²) in [6.07, 6.45) is 14.7. The third kappa shape index (κ3) is 26.9. The molecule has 3 aliphatic heterocycles. The van der Waals surface area contributed by atoms with Gasteiger partial charge in [0.05, 0.1) is 26.7 Å². The maximum absolute atomic E-state index is 13.2. The van der Waals surface area contributed by atoms with Crippen LogP contribution in [0.2, 0.25) is 0 Å². The van der Waals surface area contributed by atoms with E-state index in [1.54, 1.807) is 0 Å². The average Bonchev–Trinajstić information content (AvgIpc) is 1.65. The smallest absolute Gasteiger partial charge is 0.870 e. The van der Waals surface area contributed by atoms with Gasteiger partial charge in [-0.15, -0.1) is 37.2 Å². The summed E-state index contributed by atoms with van der Waals surface area (Å²) in [6, 6.07) is 32.7. The molecule has 3 saturated carbocycles. The van der Waals surface area contributed by atoms with E-state index in [1.165, 1.54) is 46.9 Å². The molecule has 6 aliphatic rings. The number of esters is 1. The Kier molecular flexibility index (Phi) is 34.3. The number of amides is 2. The Balaban J connectivity index is 0.000000447. The number of carbonyl (C=O) groups is 5. The van der Waals surface area contributed by atoms with Gasteiger partial charge >= 0.3 is 59.7 Å². The van der Waals surface area contributed by atoms with Crippen LogP contribution < -0.4 is 34.9 Å². The number of hydrogen-bond donors (Lipinski definition) is 3. The van der Waals surface area contributed by atoms with E-state index in [2.05, 4.69) is 97.7 Å². The summed E-state index contributed by atoms with van der Waals surface area (Å²) >= 11 is 0. The molecule has 3 aromatic rings. The molecular formula is C68H100Cl3N6NaO11. The fourth-order valence-corrected chi connectivity index (χ4v) is 12.2. The molecule has 4 N–H and O–H groups in total. The van der Waals surface area contributed by atoms with Gasteiger partial charge in [0.15, 0.2) is 0 Å². The SMILES string of the molecule is C/C(=C\c1ccccc1)[C@@H]1C[C@H]1N(C(=O)OC(C)(C)C)C1CCN(CC(=O)O)CC1.C/C(=C\c1ccccc1)[C@@H]1C[C@H]1NC1CCN(CC(=O)O)CC1.COC(=O)CN1CCC(N(C(=O)OC(C)(C)C)[C@@H]2C[C@H]2/C(C)=C/c2ccccc2)CC1.Cl.Cl.Cl.[Na+].[OH-]. The molecule has 3 saturated heterocycles. The molecule has 490 valence electrons. The van der Waals surface area contributed by atoms with Gasteiger partial charge in [0.1, 0.15) is 11.2 Å². The Hall–Kier alpha value is -4.50. The predicted octanol–water partition coefficient (Wildman–Crippen LogP) is 9.33. The normalized spacial score (nSPS) is 22.5. The molecule has 2 amide bonds. The fraction of sp³-hybridized carbons (Fsp3) is 0.574. The summed E-state index contributed by atoms with van der Waals surface area (Å²) in [7, 11) is 1.41. The number of carboxylic acid groups (broad SMARTS) is 2. The molecule has 0 aromatic heterocycles. The van der Waals surface area contributed by atoms with Crippen LogP contribution in [0.15, 0.2) is 108 Å². The molecule has 17 nitrogen and oxygen atoms in total. The monoisotopic (exact) mass is 1300 g/mol. The zero-order valence-electron chi connectivity index (χ0n) is 54.4. The summed E-state index contributed by atoms with van der Waals surface area (Å²) in [5.41, 5.74) is 6.60. The van der Waals surface area contributed by atoms with E-state index in [-0.39, 0.29) is 128 Å². The molecule has 6 fully saturated rings. The van der Waals surface area contributed by atoms with Crippen LogP contribution in [0.5, 0.6) is 0 Å². The van der Waals surface area contributed by atoms with Crippen molar-refractivity contribution in [2.24, 2.45) is 17.8 Å². The van der Waals surface area contributed by atoms with Gasteiger partial charge in [-0.25, -0.2) is 9.59 Å². The van der Waals surface area contributed by atoms with Crippen LogP contribution in [-0.4, -0.2) is 184 Å². The van der Waals surface area contributed by atoms with Crippen LogP contribution in [-0.2, 0) is 28.6 Å². The number of likely N-dealkylation sites (tertiary alicyclic amines) is 3. The Morgan fingerprint density at radius 2 is 0.831 bits per heavy atom. The number of aliphatic carboxylic acids is 2. The van der Waals surface area contributed by atoms with Gasteiger partial charge in [0, 0.05) is 87.4 Å². The second-order valence-corrected chi connectivity index (χ2v) is 26.0. The van der Waals surface area contributed by atoms with Gasteiger partial charge in [0.25, 0.3) is 0 Å². The maximum Gasteiger partial charge on any atom is 1.00 e. The van der Waals surface area contributed by atoms with Crippen LogP contribution >= 0.6 is 37.2 Å². The van der Waals surface area contributed by atoms with E-state index in [1.807, 2.05) is 104 Å². The minimum Gasteiger partial charge on any atom is -0.870 e. The van der Waals surface area contributed by atoms with Crippen molar-refractivity contribution in [1.29, 1.82) is 0 Å². The molecule has 0 radical (unpaired) electrons. The first-order chi connectivity index (χ1) is 39.9. The zero-order chi connectivity index (χ0) is 60.7. The van der Waals surface area contributed by atoms with Gasteiger partial charge in [-0.05, 0) is 143 Å². The Morgan fingerprint density at radius 3 is 1.15 bits per heavy atom. The van der Waals surface area contributed by atoms with Crippen molar-refractivity contribution >= 4 is 85.5 Å². The number of methoxy groups -OCH3 is 1. The third-order valence-corrected chi connectivity index (χ3v) is 16.8. The van der Waals surface area contributed by atoms with Crippen molar-refractivity contribution in [3.63, 3.8) is 0 Å². The number of benzene rings is 3. The van der Waals surface area contributed by atoms with Gasteiger partial charge in [-0.3, -0.25) is 29.1 Å². The van der Waals surface area contributed by atoms with E-state index < -0.39 is 23.1 Å². The second kappa shape index (κ2) is 37.9. The minimum absolute atomic E-state index is 0. The van der Waals surface area contributed by atoms with Crippen molar-refractivity contribution in [2.45, 2.75) is 168 Å². The molecule has 3 aliphatic carbocycles. The van der Waals surface area contributed by atoms with E-state index in [9.17, 15) is 24.0 Å². The first-order valence-electron chi connectivity index (χ1n) is 30.6. The van der Waals surface area contributed by atoms with Crippen LogP contribution in [0.1, 0.15) is 137 Å². The summed E-state index contributed by atoms with van der Waals surface area (Å²) in [5, 5.41) is 21.6. The van der Waals surface area contributed by atoms with Crippen molar-refractivity contribution in [3.05, 3.63) is 124 Å². The summed E-state index contributed by atoms with van der Waals surface area (Å²) in [6.45, 7) is 23.2. The number of nitrogens with one attached hydrogen (secondary N) is 1. The van der Waals surface area contributed by atoms with Crippen molar-refractivity contribution in [3.8, 4) is 0 Å². The molecule has 0 unspecified atom stereocenters. The number of ether oxygens (including phenoxy) is 3. The standard InChI is InChI=1S/C25H36N2O4.C24H34N2O4.C19H26N2O2.3ClH.Na.H2O/c1-18(15-19-9-7-6-8-10-19)21-16-22(21)27(24(29)31-25(2,3)4)20-11-13-26(14-12-20)17-23(28)30-5;1-17(14-18-8-6-5-7-9-18)20-15-21(20)26(23(29)30-24(2,3)4)19-10-12-25(13-11-19)16-22(27)28;1-14(11-15-5-3-2-4-6-15)17-12-18(17)20-16-7-9-21(10-8-16)13-19(22)23;;;;;/h6-10,15,20-22H,11-14,16-17H2,1-5H3;5-9,14,19-21H,10-13,15-16H2,1-4H3,(H,27,28);2-6,11,16-18,20H,7-10,12-13H2,1H3,(H,22,23);3*1H;;1H2/q;;;;;;+1;/p-1/b18-15+;17-14+;14-11+;;;;;/t21-,22+;20-,21+;17-,18+;;;;;/m000...../s1. The molecule has 6 atom stereocenters. The Morgan fingerprint density at radius 1 is 0.517 bits per heavy atom. The fourth-order valence-electron chi connectivity index (χ4n) is 12.2. The molecule has 0 bridgehead atoms. The number of halogens is 3. The first kappa shape index (κ1) is 80.6.